The number of hydrogen-bond acceptors (Lipinski definition) is 6. The quantitative estimate of drug-likeness (QED) is 0.229. The third-order valence-corrected chi connectivity index (χ3v) is 6.68. The van der Waals surface area contributed by atoms with Crippen LogP contribution in [0.4, 0.5) is 5.69 Å². The predicted octanol–water partition coefficient (Wildman–Crippen LogP) is 3.93. The van der Waals surface area contributed by atoms with E-state index in [1.165, 1.54) is 20.3 Å². The Morgan fingerprint density at radius 3 is 2.09 bits per heavy atom. The normalized spacial score (nSPS) is 11.6. The van der Waals surface area contributed by atoms with Crippen LogP contribution in [0.25, 0.3) is 21.5 Å². The number of hydrazone groups is 1. The van der Waals surface area contributed by atoms with E-state index in [2.05, 4.69) is 16.6 Å². The molecule has 4 aromatic carbocycles. The Bertz CT molecular complexity index is 1480. The van der Waals surface area contributed by atoms with E-state index in [-0.39, 0.29) is 5.69 Å². The van der Waals surface area contributed by atoms with Gasteiger partial charge in [-0.2, -0.15) is 5.10 Å². The molecule has 180 valence electrons. The van der Waals surface area contributed by atoms with E-state index in [0.717, 1.165) is 37.7 Å². The minimum Gasteiger partial charge on any atom is -0.493 e. The van der Waals surface area contributed by atoms with Crippen molar-refractivity contribution in [2.45, 2.75) is 0 Å². The van der Waals surface area contributed by atoms with E-state index < -0.39 is 22.5 Å². The molecular formula is C26H25N3O5S. The number of nitrogens with zero attached hydrogens (tertiary/aromatic N) is 2. The number of nitrogens with one attached hydrogen (secondary N) is 1. The van der Waals surface area contributed by atoms with Gasteiger partial charge in [0.25, 0.3) is 5.91 Å². The molecule has 0 aliphatic rings. The summed E-state index contributed by atoms with van der Waals surface area (Å²) >= 11 is 0. The zero-order valence-corrected chi connectivity index (χ0v) is 20.4. The highest BCUT2D eigenvalue weighted by molar-refractivity contribution is 7.92. The lowest BCUT2D eigenvalue weighted by Crippen LogP contribution is -2.39. The van der Waals surface area contributed by atoms with Gasteiger partial charge in [0.05, 0.1) is 32.4 Å². The van der Waals surface area contributed by atoms with E-state index in [9.17, 15) is 13.2 Å². The first-order chi connectivity index (χ1) is 16.8. The highest BCUT2D eigenvalue weighted by Gasteiger charge is 2.22. The molecule has 0 radical (unpaired) electrons. The summed E-state index contributed by atoms with van der Waals surface area (Å²) in [6.45, 7) is -0.456. The first-order valence-electron chi connectivity index (χ1n) is 10.7. The number of rotatable bonds is 8. The Hall–Kier alpha value is -4.11. The number of carbonyl (C=O) groups is 1. The number of sulfonamides is 1. The smallest absolute Gasteiger partial charge is 0.260 e. The van der Waals surface area contributed by atoms with Crippen molar-refractivity contribution >= 4 is 49.4 Å². The molecule has 4 aromatic rings. The lowest BCUT2D eigenvalue weighted by Gasteiger charge is -2.22. The van der Waals surface area contributed by atoms with Crippen molar-refractivity contribution in [1.29, 1.82) is 0 Å². The van der Waals surface area contributed by atoms with Crippen molar-refractivity contribution < 1.29 is 22.7 Å². The van der Waals surface area contributed by atoms with Crippen molar-refractivity contribution in [2.24, 2.45) is 5.10 Å². The lowest BCUT2D eigenvalue weighted by molar-refractivity contribution is -0.119. The number of hydrogen-bond donors (Lipinski definition) is 1. The molecule has 8 nitrogen and oxygen atoms in total. The Kier molecular flexibility index (Phi) is 6.88. The number of methoxy groups -OCH3 is 2. The number of carbonyl (C=O) groups excluding carboxylic acids is 1. The summed E-state index contributed by atoms with van der Waals surface area (Å²) in [5.74, 6) is 0.201. The van der Waals surface area contributed by atoms with Crippen LogP contribution in [-0.4, -0.2) is 47.6 Å². The van der Waals surface area contributed by atoms with Crippen molar-refractivity contribution in [3.8, 4) is 11.5 Å². The molecule has 0 aromatic heterocycles. The lowest BCUT2D eigenvalue weighted by atomic mass is 9.97. The van der Waals surface area contributed by atoms with Crippen LogP contribution in [0.3, 0.4) is 0 Å². The minimum absolute atomic E-state index is 0.268. The van der Waals surface area contributed by atoms with Crippen LogP contribution < -0.4 is 19.2 Å². The Labute approximate surface area is 203 Å². The van der Waals surface area contributed by atoms with Crippen LogP contribution in [0.1, 0.15) is 5.56 Å². The fourth-order valence-electron chi connectivity index (χ4n) is 3.90. The largest absolute Gasteiger partial charge is 0.493 e. The van der Waals surface area contributed by atoms with E-state index in [0.29, 0.717) is 11.5 Å². The molecule has 0 fully saturated rings. The van der Waals surface area contributed by atoms with Crippen LogP contribution >= 0.6 is 0 Å². The molecule has 0 spiro atoms. The first kappa shape index (κ1) is 24.0. The van der Waals surface area contributed by atoms with Crippen molar-refractivity contribution in [3.05, 3.63) is 78.4 Å². The molecule has 0 unspecified atom stereocenters. The van der Waals surface area contributed by atoms with Crippen LogP contribution in [0.15, 0.2) is 77.9 Å². The van der Waals surface area contributed by atoms with Crippen LogP contribution in [0.5, 0.6) is 11.5 Å². The van der Waals surface area contributed by atoms with E-state index in [1.807, 2.05) is 48.5 Å². The second-order valence-corrected chi connectivity index (χ2v) is 9.74. The Morgan fingerprint density at radius 1 is 0.914 bits per heavy atom. The van der Waals surface area contributed by atoms with Gasteiger partial charge in [-0.25, -0.2) is 13.8 Å². The average molecular weight is 492 g/mol. The van der Waals surface area contributed by atoms with Gasteiger partial charge in [0, 0.05) is 11.6 Å². The maximum absolute atomic E-state index is 12.7. The second-order valence-electron chi connectivity index (χ2n) is 7.83. The van der Waals surface area contributed by atoms with Gasteiger partial charge in [-0.15, -0.1) is 0 Å². The third-order valence-electron chi connectivity index (χ3n) is 5.54. The molecular weight excluding hydrogens is 466 g/mol. The summed E-state index contributed by atoms with van der Waals surface area (Å²) in [5.41, 5.74) is 3.58. The highest BCUT2D eigenvalue weighted by Crippen LogP contribution is 2.32. The monoisotopic (exact) mass is 491 g/mol. The van der Waals surface area contributed by atoms with E-state index >= 15 is 0 Å². The fraction of sp³-hybridized carbons (Fsp3) is 0.154. The Morgan fingerprint density at radius 2 is 1.51 bits per heavy atom. The Balaban J connectivity index is 1.59. The van der Waals surface area contributed by atoms with Gasteiger partial charge in [0.15, 0.2) is 11.5 Å². The van der Waals surface area contributed by atoms with Gasteiger partial charge in [0.2, 0.25) is 10.0 Å². The van der Waals surface area contributed by atoms with E-state index in [1.54, 1.807) is 18.3 Å². The maximum atomic E-state index is 12.7. The summed E-state index contributed by atoms with van der Waals surface area (Å²) < 4.78 is 36.3. The molecule has 0 saturated carbocycles. The van der Waals surface area contributed by atoms with Crippen LogP contribution in [-0.2, 0) is 14.8 Å². The summed E-state index contributed by atoms with van der Waals surface area (Å²) in [6, 6.07) is 22.6. The molecule has 0 aliphatic carbocycles. The SMILES string of the molecule is COc1ccc(N(CC(=O)NN=Cc2c3ccccc3cc3ccccc23)S(C)(=O)=O)cc1OC. The standard InChI is InChI=1S/C26H25N3O5S/c1-33-24-13-12-20(15-25(24)34-2)29(35(3,31)32)17-26(30)28-27-16-23-21-10-6-4-8-18(21)14-19-9-5-7-11-22(19)23/h4-16H,17H2,1-3H3,(H,28,30). The maximum Gasteiger partial charge on any atom is 0.260 e. The zero-order chi connectivity index (χ0) is 25.0. The van der Waals surface area contributed by atoms with Gasteiger partial charge in [-0.1, -0.05) is 48.5 Å². The number of ether oxygens (including phenoxy) is 2. The number of anilines is 1. The third kappa shape index (κ3) is 5.20. The van der Waals surface area contributed by atoms with Gasteiger partial charge < -0.3 is 9.47 Å². The summed E-state index contributed by atoms with van der Waals surface area (Å²) in [6.07, 6.45) is 2.62. The molecule has 1 N–H and O–H groups in total. The molecule has 0 bridgehead atoms. The highest BCUT2D eigenvalue weighted by atomic mass is 32.2. The second kappa shape index (κ2) is 10.0. The molecule has 4 rings (SSSR count). The van der Waals surface area contributed by atoms with Gasteiger partial charge in [0.1, 0.15) is 6.54 Å². The van der Waals surface area contributed by atoms with Crippen molar-refractivity contribution in [1.82, 2.24) is 5.43 Å². The molecule has 0 saturated heterocycles. The van der Waals surface area contributed by atoms with Crippen molar-refractivity contribution in [2.75, 3.05) is 31.3 Å². The van der Waals surface area contributed by atoms with E-state index in [4.69, 9.17) is 9.47 Å². The number of amides is 1. The summed E-state index contributed by atoms with van der Waals surface area (Å²) in [5, 5.41) is 8.23. The van der Waals surface area contributed by atoms with Gasteiger partial charge >= 0.3 is 0 Å². The molecule has 35 heavy (non-hydrogen) atoms. The molecule has 0 heterocycles. The zero-order valence-electron chi connectivity index (χ0n) is 19.6. The molecule has 0 atom stereocenters. The van der Waals surface area contributed by atoms with Crippen molar-refractivity contribution in [3.63, 3.8) is 0 Å². The fourth-order valence-corrected chi connectivity index (χ4v) is 4.75. The molecule has 0 aliphatic heterocycles. The molecule has 9 heteroatoms. The van der Waals surface area contributed by atoms with Gasteiger partial charge in [-0.05, 0) is 39.7 Å². The average Bonchev–Trinajstić information content (AvgIpc) is 2.85. The number of fused-ring (bicyclic) bond motifs is 2. The number of benzene rings is 4. The molecule has 1 amide bonds. The minimum atomic E-state index is -3.77. The topological polar surface area (TPSA) is 97.3 Å². The van der Waals surface area contributed by atoms with Gasteiger partial charge in [-0.3, -0.25) is 9.10 Å². The first-order valence-corrected chi connectivity index (χ1v) is 12.6. The summed E-state index contributed by atoms with van der Waals surface area (Å²) in [7, 11) is -0.836. The van der Waals surface area contributed by atoms with Crippen LogP contribution in [0.2, 0.25) is 0 Å². The van der Waals surface area contributed by atoms with Crippen LogP contribution in [0, 0.1) is 0 Å². The predicted molar refractivity (Wildman–Crippen MR) is 139 cm³/mol. The summed E-state index contributed by atoms with van der Waals surface area (Å²) in [4.78, 5) is 12.7.